The average molecular weight is 171 g/mol. The van der Waals surface area contributed by atoms with Gasteiger partial charge in [-0.2, -0.15) is 0 Å². The van der Waals surface area contributed by atoms with E-state index in [4.69, 9.17) is 4.42 Å². The Hall–Kier alpha value is -1.50. The fourth-order valence-electron chi connectivity index (χ4n) is 1.33. The van der Waals surface area contributed by atoms with Gasteiger partial charge in [0.05, 0.1) is 6.26 Å². The summed E-state index contributed by atoms with van der Waals surface area (Å²) in [6, 6.07) is 12.0. The van der Waals surface area contributed by atoms with Crippen molar-refractivity contribution in [3.05, 3.63) is 66.5 Å². The first-order valence-corrected chi connectivity index (χ1v) is 4.28. The van der Waals surface area contributed by atoms with Crippen LogP contribution in [0.15, 0.2) is 47.1 Å². The minimum atomic E-state index is 0.826. The van der Waals surface area contributed by atoms with Crippen molar-refractivity contribution in [3.63, 3.8) is 0 Å². The van der Waals surface area contributed by atoms with Crippen molar-refractivity contribution in [2.45, 2.75) is 6.42 Å². The fourth-order valence-corrected chi connectivity index (χ4v) is 1.33. The molecule has 0 amide bonds. The van der Waals surface area contributed by atoms with Gasteiger partial charge < -0.3 is 4.42 Å². The van der Waals surface area contributed by atoms with Crippen molar-refractivity contribution >= 4 is 0 Å². The zero-order valence-electron chi connectivity index (χ0n) is 7.36. The van der Waals surface area contributed by atoms with Gasteiger partial charge in [-0.1, -0.05) is 24.3 Å². The van der Waals surface area contributed by atoms with Crippen LogP contribution in [0.4, 0.5) is 0 Å². The topological polar surface area (TPSA) is 13.1 Å². The van der Waals surface area contributed by atoms with E-state index in [2.05, 4.69) is 13.0 Å². The molecule has 0 unspecified atom stereocenters. The summed E-state index contributed by atoms with van der Waals surface area (Å²) in [4.78, 5) is 0. The molecular formula is C12H11O. The van der Waals surface area contributed by atoms with Gasteiger partial charge in [0.1, 0.15) is 5.76 Å². The molecule has 1 radical (unpaired) electrons. The highest BCUT2D eigenvalue weighted by Gasteiger charge is 2.00. The smallest absolute Gasteiger partial charge is 0.108 e. The first-order chi connectivity index (χ1) is 6.36. The van der Waals surface area contributed by atoms with Crippen LogP contribution in [0.3, 0.4) is 0 Å². The van der Waals surface area contributed by atoms with Gasteiger partial charge in [0.25, 0.3) is 0 Å². The summed E-state index contributed by atoms with van der Waals surface area (Å²) < 4.78 is 5.26. The van der Waals surface area contributed by atoms with E-state index in [1.807, 2.05) is 30.3 Å². The Kier molecular flexibility index (Phi) is 2.17. The first kappa shape index (κ1) is 8.11. The maximum atomic E-state index is 5.26. The molecule has 0 bridgehead atoms. The number of hydrogen-bond donors (Lipinski definition) is 0. The molecule has 1 heterocycles. The Morgan fingerprint density at radius 3 is 2.62 bits per heavy atom. The maximum absolute atomic E-state index is 5.26. The highest BCUT2D eigenvalue weighted by atomic mass is 16.3. The summed E-state index contributed by atoms with van der Waals surface area (Å²) in [5.41, 5.74) is 2.29. The molecule has 0 aliphatic heterocycles. The molecule has 1 aromatic carbocycles. The van der Waals surface area contributed by atoms with E-state index in [0.717, 1.165) is 17.7 Å². The van der Waals surface area contributed by atoms with Gasteiger partial charge in [-0.05, 0) is 30.2 Å². The van der Waals surface area contributed by atoms with E-state index in [0.29, 0.717) is 0 Å². The van der Waals surface area contributed by atoms with Gasteiger partial charge in [-0.25, -0.2) is 0 Å². The minimum absolute atomic E-state index is 0.826. The van der Waals surface area contributed by atoms with E-state index < -0.39 is 0 Å². The Bertz CT molecular complexity index is 374. The first-order valence-electron chi connectivity index (χ1n) is 4.28. The molecule has 1 heteroatoms. The molecule has 0 N–H and O–H groups in total. The third-order valence-electron chi connectivity index (χ3n) is 2.06. The third kappa shape index (κ3) is 1.81. The molecule has 0 aliphatic rings. The Balaban J connectivity index is 2.24. The zero-order valence-corrected chi connectivity index (χ0v) is 7.36. The number of benzene rings is 1. The molecule has 0 atom stereocenters. The van der Waals surface area contributed by atoms with Gasteiger partial charge in [-0.15, -0.1) is 0 Å². The van der Waals surface area contributed by atoms with Gasteiger partial charge in [-0.3, -0.25) is 0 Å². The Labute approximate surface area is 78.0 Å². The molecule has 0 saturated carbocycles. The van der Waals surface area contributed by atoms with Gasteiger partial charge in [0.15, 0.2) is 0 Å². The lowest BCUT2D eigenvalue weighted by atomic mass is 10.1. The van der Waals surface area contributed by atoms with E-state index in [-0.39, 0.29) is 0 Å². The molecule has 2 aromatic rings. The predicted molar refractivity (Wildman–Crippen MR) is 52.4 cm³/mol. The predicted octanol–water partition coefficient (Wildman–Crippen LogP) is 3.05. The van der Waals surface area contributed by atoms with Crippen LogP contribution in [0.2, 0.25) is 0 Å². The molecule has 0 aliphatic carbocycles. The highest BCUT2D eigenvalue weighted by Crippen LogP contribution is 2.13. The van der Waals surface area contributed by atoms with Crippen LogP contribution in [-0.4, -0.2) is 0 Å². The minimum Gasteiger partial charge on any atom is -0.469 e. The number of furan rings is 1. The molecule has 65 valence electrons. The lowest BCUT2D eigenvalue weighted by Gasteiger charge is -2.01. The van der Waals surface area contributed by atoms with Crippen molar-refractivity contribution in [2.75, 3.05) is 0 Å². The van der Waals surface area contributed by atoms with E-state index in [9.17, 15) is 0 Å². The van der Waals surface area contributed by atoms with Gasteiger partial charge >= 0.3 is 0 Å². The van der Waals surface area contributed by atoms with E-state index in [1.54, 1.807) is 6.26 Å². The van der Waals surface area contributed by atoms with Crippen LogP contribution >= 0.6 is 0 Å². The number of hydrogen-bond acceptors (Lipinski definition) is 1. The van der Waals surface area contributed by atoms with Crippen molar-refractivity contribution in [1.82, 2.24) is 0 Å². The van der Waals surface area contributed by atoms with Crippen LogP contribution in [0.1, 0.15) is 16.9 Å². The molecule has 1 nitrogen and oxygen atoms in total. The van der Waals surface area contributed by atoms with Gasteiger partial charge in [0.2, 0.25) is 0 Å². The summed E-state index contributed by atoms with van der Waals surface area (Å²) in [5.74, 6) is 0.983. The largest absolute Gasteiger partial charge is 0.469 e. The molecule has 1 aromatic heterocycles. The van der Waals surface area contributed by atoms with Crippen molar-refractivity contribution in [3.8, 4) is 0 Å². The summed E-state index contributed by atoms with van der Waals surface area (Å²) in [7, 11) is 0. The molecule has 0 saturated heterocycles. The maximum Gasteiger partial charge on any atom is 0.108 e. The lowest BCUT2D eigenvalue weighted by Crippen LogP contribution is -1.88. The molecule has 0 fully saturated rings. The van der Waals surface area contributed by atoms with E-state index in [1.165, 1.54) is 5.56 Å². The van der Waals surface area contributed by atoms with Gasteiger partial charge in [0, 0.05) is 6.42 Å². The standard InChI is InChI=1S/C12H11O/c1-10-5-2-3-6-11(10)9-12-7-4-8-13-12/h2-8H,1,9H2. The summed E-state index contributed by atoms with van der Waals surface area (Å²) in [6.45, 7) is 3.96. The molecule has 13 heavy (non-hydrogen) atoms. The van der Waals surface area contributed by atoms with Crippen molar-refractivity contribution in [2.24, 2.45) is 0 Å². The second-order valence-electron chi connectivity index (χ2n) is 3.02. The molecule has 2 rings (SSSR count). The normalized spacial score (nSPS) is 10.2. The monoisotopic (exact) mass is 171 g/mol. The third-order valence-corrected chi connectivity index (χ3v) is 2.06. The van der Waals surface area contributed by atoms with Crippen molar-refractivity contribution in [1.29, 1.82) is 0 Å². The fraction of sp³-hybridized carbons (Fsp3) is 0.0833. The summed E-state index contributed by atoms with van der Waals surface area (Å²) in [5, 5.41) is 0. The Morgan fingerprint density at radius 1 is 1.08 bits per heavy atom. The van der Waals surface area contributed by atoms with Crippen LogP contribution < -0.4 is 0 Å². The molecule has 0 spiro atoms. The van der Waals surface area contributed by atoms with E-state index >= 15 is 0 Å². The lowest BCUT2D eigenvalue weighted by molar-refractivity contribution is 0.520. The highest BCUT2D eigenvalue weighted by molar-refractivity contribution is 5.32. The second kappa shape index (κ2) is 3.48. The number of rotatable bonds is 2. The van der Waals surface area contributed by atoms with Crippen LogP contribution in [0, 0.1) is 6.92 Å². The van der Waals surface area contributed by atoms with Crippen LogP contribution in [0.25, 0.3) is 0 Å². The van der Waals surface area contributed by atoms with Crippen LogP contribution in [0.5, 0.6) is 0 Å². The zero-order chi connectivity index (χ0) is 9.10. The average Bonchev–Trinajstić information content (AvgIpc) is 2.61. The molecular weight excluding hydrogens is 160 g/mol. The Morgan fingerprint density at radius 2 is 1.92 bits per heavy atom. The summed E-state index contributed by atoms with van der Waals surface area (Å²) >= 11 is 0. The van der Waals surface area contributed by atoms with Crippen molar-refractivity contribution < 1.29 is 4.42 Å². The summed E-state index contributed by atoms with van der Waals surface area (Å²) in [6.07, 6.45) is 2.52. The van der Waals surface area contributed by atoms with Crippen LogP contribution in [-0.2, 0) is 6.42 Å². The SMILES string of the molecule is [CH2]c1ccccc1Cc1ccco1. The second-order valence-corrected chi connectivity index (χ2v) is 3.02. The quantitative estimate of drug-likeness (QED) is 0.676.